The molecule has 0 bridgehead atoms. The van der Waals surface area contributed by atoms with Gasteiger partial charge in [-0.05, 0) is 56.5 Å². The van der Waals surface area contributed by atoms with Crippen molar-refractivity contribution >= 4 is 28.3 Å². The van der Waals surface area contributed by atoms with Crippen LogP contribution in [-0.2, 0) is 14.8 Å². The van der Waals surface area contributed by atoms with Gasteiger partial charge in [-0.2, -0.15) is 0 Å². The first-order valence-corrected chi connectivity index (χ1v) is 10.6. The Morgan fingerprint density at radius 2 is 1.88 bits per heavy atom. The molecule has 8 heteroatoms. The molecule has 3 N–H and O–H groups in total. The first-order valence-electron chi connectivity index (χ1n) is 8.91. The summed E-state index contributed by atoms with van der Waals surface area (Å²) in [5.74, 6) is 1.38. The van der Waals surface area contributed by atoms with E-state index in [0.29, 0.717) is 30.7 Å². The number of amides is 1. The van der Waals surface area contributed by atoms with Crippen molar-refractivity contribution in [3.8, 4) is 0 Å². The second-order valence-corrected chi connectivity index (χ2v) is 9.01. The molecule has 0 spiro atoms. The largest absolute Gasteiger partial charge is 0.355 e. The van der Waals surface area contributed by atoms with E-state index in [1.54, 1.807) is 0 Å². The molecule has 2 aliphatic rings. The van der Waals surface area contributed by atoms with Crippen molar-refractivity contribution in [2.24, 2.45) is 17.8 Å². The Bertz CT molecular complexity index is 477. The fourth-order valence-corrected chi connectivity index (χ4v) is 4.29. The third-order valence-electron chi connectivity index (χ3n) is 5.21. The maximum atomic E-state index is 12.0. The van der Waals surface area contributed by atoms with Gasteiger partial charge in [0.05, 0.1) is 5.75 Å². The van der Waals surface area contributed by atoms with Crippen molar-refractivity contribution in [1.82, 2.24) is 15.4 Å². The zero-order valence-electron chi connectivity index (χ0n) is 14.6. The Kier molecular flexibility index (Phi) is 9.56. The fraction of sp³-hybridized carbons (Fsp3) is 0.938. The van der Waals surface area contributed by atoms with Gasteiger partial charge in [0.15, 0.2) is 0 Å². The van der Waals surface area contributed by atoms with Gasteiger partial charge in [0.2, 0.25) is 15.9 Å². The predicted octanol–water partition coefficient (Wildman–Crippen LogP) is 1.27. The van der Waals surface area contributed by atoms with Crippen LogP contribution in [0.1, 0.15) is 45.4 Å². The molecule has 24 heavy (non-hydrogen) atoms. The number of rotatable bonds is 9. The Morgan fingerprint density at radius 3 is 2.46 bits per heavy atom. The normalized spacial score (nSPS) is 20.7. The van der Waals surface area contributed by atoms with E-state index in [-0.39, 0.29) is 30.6 Å². The van der Waals surface area contributed by atoms with E-state index in [0.717, 1.165) is 38.8 Å². The molecule has 1 atom stereocenters. The molecule has 0 aromatic heterocycles. The maximum Gasteiger partial charge on any atom is 0.220 e. The summed E-state index contributed by atoms with van der Waals surface area (Å²) in [5, 5.41) is 6.08. The van der Waals surface area contributed by atoms with Crippen LogP contribution < -0.4 is 15.4 Å². The van der Waals surface area contributed by atoms with Crippen LogP contribution in [0.15, 0.2) is 0 Å². The van der Waals surface area contributed by atoms with Crippen LogP contribution in [0.3, 0.4) is 0 Å². The number of piperidine rings is 1. The minimum atomic E-state index is -3.27. The summed E-state index contributed by atoms with van der Waals surface area (Å²) in [7, 11) is -3.27. The van der Waals surface area contributed by atoms with Gasteiger partial charge < -0.3 is 10.6 Å². The van der Waals surface area contributed by atoms with E-state index >= 15 is 0 Å². The quantitative estimate of drug-likeness (QED) is 0.561. The van der Waals surface area contributed by atoms with Crippen LogP contribution in [0.5, 0.6) is 0 Å². The van der Waals surface area contributed by atoms with Gasteiger partial charge in [0.1, 0.15) is 0 Å². The molecule has 1 amide bonds. The third-order valence-corrected chi connectivity index (χ3v) is 6.55. The molecular formula is C16H32ClN3O3S. The number of hydrogen-bond donors (Lipinski definition) is 3. The second-order valence-electron chi connectivity index (χ2n) is 7.08. The van der Waals surface area contributed by atoms with E-state index in [1.807, 2.05) is 0 Å². The van der Waals surface area contributed by atoms with Crippen molar-refractivity contribution in [2.75, 3.05) is 31.9 Å². The molecule has 1 saturated carbocycles. The lowest BCUT2D eigenvalue weighted by molar-refractivity contribution is -0.122. The number of hydrogen-bond acceptors (Lipinski definition) is 4. The lowest BCUT2D eigenvalue weighted by atomic mass is 9.84. The molecule has 1 saturated heterocycles. The SMILES string of the molecule is CC(CC(=O)NCCS(=O)(=O)NCC1CCC1)C1CCNCC1.Cl. The molecule has 142 valence electrons. The van der Waals surface area contributed by atoms with Crippen molar-refractivity contribution in [3.63, 3.8) is 0 Å². The van der Waals surface area contributed by atoms with Gasteiger partial charge >= 0.3 is 0 Å². The minimum absolute atomic E-state index is 0. The first-order chi connectivity index (χ1) is 11.0. The minimum Gasteiger partial charge on any atom is -0.355 e. The summed E-state index contributed by atoms with van der Waals surface area (Å²) >= 11 is 0. The zero-order valence-corrected chi connectivity index (χ0v) is 16.2. The van der Waals surface area contributed by atoms with Crippen LogP contribution in [-0.4, -0.2) is 46.3 Å². The monoisotopic (exact) mass is 381 g/mol. The molecule has 2 rings (SSSR count). The summed E-state index contributed by atoms with van der Waals surface area (Å²) in [6.07, 6.45) is 6.17. The first kappa shape index (κ1) is 21.7. The maximum absolute atomic E-state index is 12.0. The van der Waals surface area contributed by atoms with E-state index in [9.17, 15) is 13.2 Å². The molecule has 6 nitrogen and oxygen atoms in total. The van der Waals surface area contributed by atoms with Crippen molar-refractivity contribution in [1.29, 1.82) is 0 Å². The predicted molar refractivity (Wildman–Crippen MR) is 98.8 cm³/mol. The molecule has 1 unspecified atom stereocenters. The van der Waals surface area contributed by atoms with Gasteiger partial charge in [0, 0.05) is 19.5 Å². The Hall–Kier alpha value is -0.370. The van der Waals surface area contributed by atoms with Crippen molar-refractivity contribution < 1.29 is 13.2 Å². The Balaban J connectivity index is 0.00000288. The summed E-state index contributed by atoms with van der Waals surface area (Å²) in [6, 6.07) is 0. The highest BCUT2D eigenvalue weighted by atomic mass is 35.5. The van der Waals surface area contributed by atoms with Gasteiger partial charge in [0.25, 0.3) is 0 Å². The molecule has 0 radical (unpaired) electrons. The molecular weight excluding hydrogens is 350 g/mol. The molecule has 0 aromatic rings. The molecule has 1 aliphatic heterocycles. The summed E-state index contributed by atoms with van der Waals surface area (Å²) in [4.78, 5) is 12.0. The molecule has 1 heterocycles. The number of sulfonamides is 1. The standard InChI is InChI=1S/C16H31N3O3S.ClH/c1-13(15-5-7-17-8-6-15)11-16(20)18-9-10-23(21,22)19-12-14-3-2-4-14;/h13-15,17,19H,2-12H2,1H3,(H,18,20);1H. The summed E-state index contributed by atoms with van der Waals surface area (Å²) < 4.78 is 26.4. The number of carbonyl (C=O) groups is 1. The average Bonchev–Trinajstić information content (AvgIpc) is 2.46. The van der Waals surface area contributed by atoms with E-state index in [2.05, 4.69) is 22.3 Å². The van der Waals surface area contributed by atoms with Crippen molar-refractivity contribution in [3.05, 3.63) is 0 Å². The smallest absolute Gasteiger partial charge is 0.220 e. The third kappa shape index (κ3) is 7.68. The van der Waals surface area contributed by atoms with Gasteiger partial charge in [-0.15, -0.1) is 12.4 Å². The van der Waals surface area contributed by atoms with E-state index < -0.39 is 10.0 Å². The fourth-order valence-electron chi connectivity index (χ4n) is 3.28. The van der Waals surface area contributed by atoms with Gasteiger partial charge in [-0.3, -0.25) is 4.79 Å². The summed E-state index contributed by atoms with van der Waals surface area (Å²) in [5.41, 5.74) is 0. The number of carbonyl (C=O) groups excluding carboxylic acids is 1. The van der Waals surface area contributed by atoms with Crippen LogP contribution in [0, 0.1) is 17.8 Å². The molecule has 2 fully saturated rings. The van der Waals surface area contributed by atoms with E-state index in [4.69, 9.17) is 0 Å². The highest BCUT2D eigenvalue weighted by molar-refractivity contribution is 7.89. The highest BCUT2D eigenvalue weighted by Gasteiger charge is 2.23. The Labute approximate surface area is 152 Å². The highest BCUT2D eigenvalue weighted by Crippen LogP contribution is 2.25. The van der Waals surface area contributed by atoms with Gasteiger partial charge in [-0.1, -0.05) is 13.3 Å². The van der Waals surface area contributed by atoms with Crippen LogP contribution in [0.2, 0.25) is 0 Å². The molecule has 1 aliphatic carbocycles. The van der Waals surface area contributed by atoms with Gasteiger partial charge in [-0.25, -0.2) is 13.1 Å². The lowest BCUT2D eigenvalue weighted by Crippen LogP contribution is -2.38. The second kappa shape index (κ2) is 10.6. The average molecular weight is 382 g/mol. The summed E-state index contributed by atoms with van der Waals surface area (Å²) in [6.45, 7) is 4.91. The van der Waals surface area contributed by atoms with Crippen LogP contribution >= 0.6 is 12.4 Å². The lowest BCUT2D eigenvalue weighted by Gasteiger charge is -2.27. The Morgan fingerprint density at radius 1 is 1.21 bits per heavy atom. The zero-order chi connectivity index (χ0) is 16.7. The van der Waals surface area contributed by atoms with E-state index in [1.165, 1.54) is 6.42 Å². The van der Waals surface area contributed by atoms with Crippen LogP contribution in [0.25, 0.3) is 0 Å². The van der Waals surface area contributed by atoms with Crippen molar-refractivity contribution in [2.45, 2.75) is 45.4 Å². The number of halogens is 1. The topological polar surface area (TPSA) is 87.3 Å². The molecule has 0 aromatic carbocycles. The van der Waals surface area contributed by atoms with Crippen LogP contribution in [0.4, 0.5) is 0 Å². The number of nitrogens with one attached hydrogen (secondary N) is 3.